The first-order valence-electron chi connectivity index (χ1n) is 3.98. The second kappa shape index (κ2) is 4.32. The van der Waals surface area contributed by atoms with Crippen LogP contribution in [0.2, 0.25) is 0 Å². The number of hydrogen-bond donors (Lipinski definition) is 2. The van der Waals surface area contributed by atoms with E-state index in [1.165, 1.54) is 19.2 Å². The van der Waals surface area contributed by atoms with Gasteiger partial charge in [0.05, 0.1) is 7.11 Å². The minimum atomic E-state index is -3.42. The number of alkyl halides is 3. The van der Waals surface area contributed by atoms with Crippen molar-refractivity contribution in [2.75, 3.05) is 7.11 Å². The van der Waals surface area contributed by atoms with E-state index in [0.29, 0.717) is 0 Å². The average Bonchev–Trinajstić information content (AvgIpc) is 2.16. The van der Waals surface area contributed by atoms with Gasteiger partial charge in [-0.15, -0.1) is 0 Å². The van der Waals surface area contributed by atoms with Crippen molar-refractivity contribution in [1.82, 2.24) is 0 Å². The van der Waals surface area contributed by atoms with Crippen LogP contribution < -0.4 is 4.74 Å². The van der Waals surface area contributed by atoms with Crippen molar-refractivity contribution in [3.63, 3.8) is 0 Å². The Morgan fingerprint density at radius 3 is 2.53 bits per heavy atom. The summed E-state index contributed by atoms with van der Waals surface area (Å²) in [6.45, 7) is 0. The van der Waals surface area contributed by atoms with Crippen LogP contribution in [0.25, 0.3) is 0 Å². The second-order valence-corrected chi connectivity index (χ2v) is 3.93. The molecule has 2 N–H and O–H groups in total. The summed E-state index contributed by atoms with van der Waals surface area (Å²) in [4.78, 5) is -3.42. The molecule has 0 fully saturated rings. The number of rotatable bonds is 3. The third kappa shape index (κ3) is 2.79. The third-order valence-corrected chi connectivity index (χ3v) is 2.26. The van der Waals surface area contributed by atoms with Gasteiger partial charge in [0.1, 0.15) is 0 Å². The Morgan fingerprint density at radius 1 is 1.47 bits per heavy atom. The number of phenolic OH excluding ortho intramolecular Hbond substituents is 1. The minimum Gasteiger partial charge on any atom is -0.504 e. The maximum Gasteiger partial charge on any atom is 0.330 e. The predicted molar refractivity (Wildman–Crippen MR) is 53.5 cm³/mol. The van der Waals surface area contributed by atoms with Crippen LogP contribution in [0.3, 0.4) is 0 Å². The van der Waals surface area contributed by atoms with Crippen LogP contribution in [-0.2, 0) is 0 Å². The van der Waals surface area contributed by atoms with E-state index in [1.807, 2.05) is 0 Å². The maximum absolute atomic E-state index is 12.7. The van der Waals surface area contributed by atoms with Gasteiger partial charge in [-0.1, -0.05) is 6.07 Å². The quantitative estimate of drug-likeness (QED) is 0.838. The zero-order valence-electron chi connectivity index (χ0n) is 7.75. The molecule has 0 heterocycles. The first kappa shape index (κ1) is 12.2. The topological polar surface area (TPSA) is 49.7 Å². The molecule has 1 rings (SSSR count). The lowest BCUT2D eigenvalue weighted by Gasteiger charge is -2.17. The summed E-state index contributed by atoms with van der Waals surface area (Å²) in [7, 11) is 1.29. The van der Waals surface area contributed by atoms with Gasteiger partial charge in [-0.2, -0.15) is 8.78 Å². The van der Waals surface area contributed by atoms with Gasteiger partial charge in [0.25, 0.3) is 0 Å². The molecule has 1 aromatic carbocycles. The Labute approximate surface area is 93.4 Å². The molecule has 15 heavy (non-hydrogen) atoms. The predicted octanol–water partition coefficient (Wildman–Crippen LogP) is 2.42. The van der Waals surface area contributed by atoms with E-state index >= 15 is 0 Å². The fraction of sp³-hybridized carbons (Fsp3) is 0.333. The van der Waals surface area contributed by atoms with Crippen molar-refractivity contribution >= 4 is 15.9 Å². The van der Waals surface area contributed by atoms with Gasteiger partial charge >= 0.3 is 4.83 Å². The van der Waals surface area contributed by atoms with Crippen molar-refractivity contribution in [3.8, 4) is 11.5 Å². The summed E-state index contributed by atoms with van der Waals surface area (Å²) in [5, 5.41) is 18.4. The van der Waals surface area contributed by atoms with Gasteiger partial charge in [-0.3, -0.25) is 0 Å². The zero-order chi connectivity index (χ0) is 11.6. The van der Waals surface area contributed by atoms with Gasteiger partial charge in [-0.05, 0) is 33.6 Å². The smallest absolute Gasteiger partial charge is 0.330 e. The molecular formula is C9H9BrF2O3. The molecular weight excluding hydrogens is 274 g/mol. The molecule has 0 radical (unpaired) electrons. The lowest BCUT2D eigenvalue weighted by atomic mass is 10.1. The summed E-state index contributed by atoms with van der Waals surface area (Å²) in [5.41, 5.74) is -0.0495. The lowest BCUT2D eigenvalue weighted by molar-refractivity contribution is -0.0295. The Morgan fingerprint density at radius 2 is 2.07 bits per heavy atom. The van der Waals surface area contributed by atoms with Crippen molar-refractivity contribution in [2.24, 2.45) is 0 Å². The molecule has 0 aromatic heterocycles. The maximum atomic E-state index is 12.7. The molecule has 1 aromatic rings. The first-order valence-corrected chi connectivity index (χ1v) is 4.77. The molecule has 0 spiro atoms. The van der Waals surface area contributed by atoms with E-state index in [9.17, 15) is 19.0 Å². The van der Waals surface area contributed by atoms with Crippen LogP contribution in [0, 0.1) is 0 Å². The summed E-state index contributed by atoms with van der Waals surface area (Å²) in [6.07, 6.45) is -1.99. The van der Waals surface area contributed by atoms with Crippen LogP contribution in [0.4, 0.5) is 8.78 Å². The summed E-state index contributed by atoms with van der Waals surface area (Å²) in [5.74, 6) is -0.144. The molecule has 1 unspecified atom stereocenters. The van der Waals surface area contributed by atoms with Crippen LogP contribution in [-0.4, -0.2) is 22.2 Å². The number of halogens is 3. The molecule has 84 valence electrons. The molecule has 1 atom stereocenters. The van der Waals surface area contributed by atoms with Gasteiger partial charge in [0.2, 0.25) is 0 Å². The number of benzene rings is 1. The van der Waals surface area contributed by atoms with Crippen molar-refractivity contribution in [1.29, 1.82) is 0 Å². The van der Waals surface area contributed by atoms with E-state index in [1.54, 1.807) is 0 Å². The molecule has 0 bridgehead atoms. The first-order chi connectivity index (χ1) is 6.86. The van der Waals surface area contributed by atoms with Crippen molar-refractivity contribution in [3.05, 3.63) is 23.8 Å². The lowest BCUT2D eigenvalue weighted by Crippen LogP contribution is -2.18. The van der Waals surface area contributed by atoms with E-state index < -0.39 is 10.9 Å². The fourth-order valence-corrected chi connectivity index (χ4v) is 1.32. The highest BCUT2D eigenvalue weighted by Gasteiger charge is 2.36. The molecule has 0 aliphatic heterocycles. The van der Waals surface area contributed by atoms with E-state index in [0.717, 1.165) is 6.07 Å². The number of aliphatic hydroxyl groups excluding tert-OH is 1. The highest BCUT2D eigenvalue weighted by molar-refractivity contribution is 9.10. The van der Waals surface area contributed by atoms with Gasteiger partial charge < -0.3 is 14.9 Å². The highest BCUT2D eigenvalue weighted by Crippen LogP contribution is 2.39. The van der Waals surface area contributed by atoms with Gasteiger partial charge in [-0.25, -0.2) is 0 Å². The normalized spacial score (nSPS) is 13.7. The van der Waals surface area contributed by atoms with Crippen LogP contribution >= 0.6 is 15.9 Å². The van der Waals surface area contributed by atoms with E-state index in [2.05, 4.69) is 15.9 Å². The van der Waals surface area contributed by atoms with Crippen molar-refractivity contribution < 1.29 is 23.7 Å². The Kier molecular flexibility index (Phi) is 3.51. The molecule has 0 aliphatic rings. The number of methoxy groups -OCH3 is 1. The van der Waals surface area contributed by atoms with E-state index in [4.69, 9.17) is 4.74 Å². The number of hydrogen-bond acceptors (Lipinski definition) is 3. The molecule has 0 saturated heterocycles. The molecule has 6 heteroatoms. The Hall–Kier alpha value is -0.880. The van der Waals surface area contributed by atoms with Crippen LogP contribution in [0.15, 0.2) is 18.2 Å². The number of aliphatic hydroxyl groups is 1. The van der Waals surface area contributed by atoms with Crippen LogP contribution in [0.1, 0.15) is 11.7 Å². The number of aromatic hydroxyl groups is 1. The third-order valence-electron chi connectivity index (χ3n) is 1.83. The second-order valence-electron chi connectivity index (χ2n) is 2.88. The van der Waals surface area contributed by atoms with Crippen LogP contribution in [0.5, 0.6) is 11.5 Å². The van der Waals surface area contributed by atoms with E-state index in [-0.39, 0.29) is 17.1 Å². The number of ether oxygens (including phenoxy) is 1. The van der Waals surface area contributed by atoms with Crippen molar-refractivity contribution in [2.45, 2.75) is 10.9 Å². The number of phenols is 1. The summed E-state index contributed by atoms with van der Waals surface area (Å²) >= 11 is 2.06. The zero-order valence-corrected chi connectivity index (χ0v) is 9.33. The Bertz CT molecular complexity index is 352. The SMILES string of the molecule is COc1cc(C(O)C(F)(F)Br)ccc1O. The largest absolute Gasteiger partial charge is 0.504 e. The molecule has 0 saturated carbocycles. The standard InChI is InChI=1S/C9H9BrF2O3/c1-15-7-4-5(2-3-6(7)13)8(14)9(10,11)12/h2-4,8,13-14H,1H3. The molecule has 3 nitrogen and oxygen atoms in total. The summed E-state index contributed by atoms with van der Waals surface area (Å²) in [6, 6.07) is 3.52. The minimum absolute atomic E-state index is 0.0308. The Balaban J connectivity index is 3.06. The van der Waals surface area contributed by atoms with Gasteiger partial charge in [0, 0.05) is 0 Å². The molecule has 0 aliphatic carbocycles. The highest BCUT2D eigenvalue weighted by atomic mass is 79.9. The van der Waals surface area contributed by atoms with Gasteiger partial charge in [0.15, 0.2) is 17.6 Å². The fourth-order valence-electron chi connectivity index (χ4n) is 1.05. The summed E-state index contributed by atoms with van der Waals surface area (Å²) < 4.78 is 30.1. The molecule has 0 amide bonds. The monoisotopic (exact) mass is 282 g/mol. The average molecular weight is 283 g/mol.